The summed E-state index contributed by atoms with van der Waals surface area (Å²) in [5, 5.41) is 13.7. The fourth-order valence-electron chi connectivity index (χ4n) is 6.05. The smallest absolute Gasteiger partial charge is 0.308 e. The fraction of sp³-hybridized carbons (Fsp3) is 0.273. The monoisotopic (exact) mass is 657 g/mol. The van der Waals surface area contributed by atoms with Crippen LogP contribution in [0.3, 0.4) is 0 Å². The molecule has 236 valence electrons. The summed E-state index contributed by atoms with van der Waals surface area (Å²) in [6.07, 6.45) is 0. The van der Waals surface area contributed by atoms with Crippen molar-refractivity contribution in [1.82, 2.24) is 4.57 Å². The number of carbonyl (C=O) groups excluding carboxylic acids is 3. The highest BCUT2D eigenvalue weighted by Crippen LogP contribution is 2.54. The first-order valence-electron chi connectivity index (χ1n) is 14.8. The minimum atomic E-state index is -0.872. The van der Waals surface area contributed by atoms with E-state index in [1.54, 1.807) is 12.1 Å². The number of amides is 3. The molecule has 3 amide bonds. The van der Waals surface area contributed by atoms with E-state index in [0.29, 0.717) is 15.6 Å². The van der Waals surface area contributed by atoms with Gasteiger partial charge in [-0.25, -0.2) is 4.90 Å². The molecule has 1 N–H and O–H groups in total. The first-order chi connectivity index (χ1) is 22.1. The summed E-state index contributed by atoms with van der Waals surface area (Å²) >= 11 is 2.11. The van der Waals surface area contributed by atoms with Gasteiger partial charge in [-0.05, 0) is 62.7 Å². The van der Waals surface area contributed by atoms with E-state index in [2.05, 4.69) is 24.1 Å². The molecule has 0 radical (unpaired) electrons. The van der Waals surface area contributed by atoms with Crippen LogP contribution in [-0.2, 0) is 20.9 Å². The number of nitro groups is 1. The average molecular weight is 658 g/mol. The highest BCUT2D eigenvalue weighted by atomic mass is 32.2. The van der Waals surface area contributed by atoms with E-state index in [-0.39, 0.29) is 22.8 Å². The Bertz CT molecular complexity index is 1880. The molecule has 3 atom stereocenters. The maximum absolute atomic E-state index is 14.1. The Hall–Kier alpha value is -4.75. The number of aryl methyl sites for hydroxylation is 1. The molecule has 0 bridgehead atoms. The van der Waals surface area contributed by atoms with Crippen molar-refractivity contribution in [2.45, 2.75) is 43.5 Å². The Morgan fingerprint density at radius 2 is 1.59 bits per heavy atom. The van der Waals surface area contributed by atoms with Gasteiger partial charge in [-0.2, -0.15) is 0 Å². The number of hydrogen-bond acceptors (Lipinski definition) is 9. The summed E-state index contributed by atoms with van der Waals surface area (Å²) in [6, 6.07) is 20.4. The molecule has 3 aromatic carbocycles. The van der Waals surface area contributed by atoms with Crippen LogP contribution in [-0.4, -0.2) is 45.6 Å². The molecule has 13 heteroatoms. The molecule has 4 aromatic rings. The molecule has 1 aromatic heterocycles. The molecule has 0 saturated carbocycles. The predicted octanol–water partition coefficient (Wildman–Crippen LogP) is 5.41. The van der Waals surface area contributed by atoms with Crippen LogP contribution in [0.25, 0.3) is 0 Å². The summed E-state index contributed by atoms with van der Waals surface area (Å²) in [5.74, 6) is -2.75. The van der Waals surface area contributed by atoms with Gasteiger partial charge in [0.15, 0.2) is 0 Å². The fourth-order valence-corrected chi connectivity index (χ4v) is 8.83. The number of imide groups is 1. The number of anilines is 3. The number of nitrogens with one attached hydrogen (secondary N) is 1. The number of thioether (sulfide) groups is 1. The number of nitro benzene ring substituents is 1. The number of carbonyl (C=O) groups is 3. The molecule has 0 aliphatic carbocycles. The minimum Gasteiger partial charge on any atom is -0.372 e. The van der Waals surface area contributed by atoms with Gasteiger partial charge < -0.3 is 10.2 Å². The number of fused-ring (bicyclic) bond motifs is 2. The van der Waals surface area contributed by atoms with Crippen molar-refractivity contribution in [3.63, 3.8) is 0 Å². The molecule has 11 nitrogen and oxygen atoms in total. The normalized spacial score (nSPS) is 18.7. The maximum Gasteiger partial charge on any atom is 0.308 e. The molecule has 1 fully saturated rings. The van der Waals surface area contributed by atoms with Gasteiger partial charge in [-0.15, -0.1) is 0 Å². The van der Waals surface area contributed by atoms with Crippen LogP contribution < -0.4 is 20.0 Å². The summed E-state index contributed by atoms with van der Waals surface area (Å²) in [5.41, 5.74) is 3.51. The second-order valence-corrected chi connectivity index (χ2v) is 13.3. The van der Waals surface area contributed by atoms with Gasteiger partial charge in [0.2, 0.25) is 17.7 Å². The largest absolute Gasteiger partial charge is 0.372 e. The van der Waals surface area contributed by atoms with Crippen molar-refractivity contribution in [1.29, 1.82) is 0 Å². The Kier molecular flexibility index (Phi) is 8.53. The first-order valence-corrected chi connectivity index (χ1v) is 16.5. The van der Waals surface area contributed by atoms with E-state index in [1.165, 1.54) is 28.8 Å². The molecule has 3 heterocycles. The number of thiazole rings is 1. The van der Waals surface area contributed by atoms with E-state index in [9.17, 15) is 29.3 Å². The van der Waals surface area contributed by atoms with Gasteiger partial charge in [0.05, 0.1) is 21.6 Å². The van der Waals surface area contributed by atoms with Crippen LogP contribution in [0.2, 0.25) is 0 Å². The summed E-state index contributed by atoms with van der Waals surface area (Å²) < 4.78 is 1.38. The highest BCUT2D eigenvalue weighted by Gasteiger charge is 2.56. The standard InChI is InChI=1S/C33H31N5O6S2/c1-4-35(5-2)22-12-8-20(9-13-22)26-27-28(31(41)37(30(27)40)23-14-16-24(17-15-23)38(43)44)45-32-29(26)46-33(42)36(32)18-25(39)34-21-10-6-19(3)7-11-21/h6-17,26-28H,4-5,18H2,1-3H3,(H,34,39)/t26-,27-,28+/m0/s1. The van der Waals surface area contributed by atoms with E-state index in [1.807, 2.05) is 43.3 Å². The topological polar surface area (TPSA) is 135 Å². The van der Waals surface area contributed by atoms with Crippen molar-refractivity contribution >= 4 is 63.6 Å². The lowest BCUT2D eigenvalue weighted by Crippen LogP contribution is -2.33. The zero-order chi connectivity index (χ0) is 32.7. The lowest BCUT2D eigenvalue weighted by atomic mass is 9.83. The van der Waals surface area contributed by atoms with Crippen LogP contribution in [0.4, 0.5) is 22.7 Å². The van der Waals surface area contributed by atoms with E-state index in [0.717, 1.165) is 57.9 Å². The van der Waals surface area contributed by atoms with Crippen LogP contribution in [0.5, 0.6) is 0 Å². The zero-order valence-electron chi connectivity index (χ0n) is 25.3. The zero-order valence-corrected chi connectivity index (χ0v) is 27.0. The van der Waals surface area contributed by atoms with Gasteiger partial charge >= 0.3 is 4.87 Å². The van der Waals surface area contributed by atoms with Gasteiger partial charge in [0, 0.05) is 47.4 Å². The molecule has 6 rings (SSSR count). The third-order valence-corrected chi connectivity index (χ3v) is 11.0. The molecule has 0 spiro atoms. The summed E-state index contributed by atoms with van der Waals surface area (Å²) in [7, 11) is 0. The van der Waals surface area contributed by atoms with Crippen molar-refractivity contribution in [3.8, 4) is 0 Å². The van der Waals surface area contributed by atoms with Crippen molar-refractivity contribution in [3.05, 3.63) is 109 Å². The Balaban J connectivity index is 1.40. The van der Waals surface area contributed by atoms with Gasteiger partial charge in [0.25, 0.3) is 5.69 Å². The molecule has 2 aliphatic heterocycles. The second kappa shape index (κ2) is 12.6. The summed E-state index contributed by atoms with van der Waals surface area (Å²) in [4.78, 5) is 68.9. The molecule has 2 aliphatic rings. The molecular formula is C33H31N5O6S2. The van der Waals surface area contributed by atoms with Crippen molar-refractivity contribution < 1.29 is 19.3 Å². The van der Waals surface area contributed by atoms with Gasteiger partial charge in [-0.3, -0.25) is 33.9 Å². The number of non-ortho nitro benzene ring substituents is 1. The van der Waals surface area contributed by atoms with Crippen molar-refractivity contribution in [2.75, 3.05) is 28.2 Å². The van der Waals surface area contributed by atoms with E-state index < -0.39 is 39.7 Å². The Morgan fingerprint density at radius 1 is 0.935 bits per heavy atom. The summed E-state index contributed by atoms with van der Waals surface area (Å²) in [6.45, 7) is 7.45. The van der Waals surface area contributed by atoms with Gasteiger partial charge in [0.1, 0.15) is 11.8 Å². The lowest BCUT2D eigenvalue weighted by molar-refractivity contribution is -0.384. The Morgan fingerprint density at radius 3 is 2.20 bits per heavy atom. The molecule has 1 saturated heterocycles. The van der Waals surface area contributed by atoms with Crippen LogP contribution >= 0.6 is 23.1 Å². The highest BCUT2D eigenvalue weighted by molar-refractivity contribution is 8.00. The van der Waals surface area contributed by atoms with Crippen LogP contribution in [0, 0.1) is 23.0 Å². The third-order valence-electron chi connectivity index (χ3n) is 8.39. The van der Waals surface area contributed by atoms with Gasteiger partial charge in [-0.1, -0.05) is 52.9 Å². The molecule has 0 unspecified atom stereocenters. The average Bonchev–Trinajstić information content (AvgIpc) is 3.49. The number of nitrogens with zero attached hydrogens (tertiary/aromatic N) is 4. The second-order valence-electron chi connectivity index (χ2n) is 11.1. The number of rotatable bonds is 9. The van der Waals surface area contributed by atoms with E-state index >= 15 is 0 Å². The number of aromatic nitrogens is 1. The lowest BCUT2D eigenvalue weighted by Gasteiger charge is -2.31. The van der Waals surface area contributed by atoms with E-state index in [4.69, 9.17) is 0 Å². The molecular weight excluding hydrogens is 627 g/mol. The number of hydrogen-bond donors (Lipinski definition) is 1. The SMILES string of the molecule is CCN(CC)c1ccc([C@@H]2c3sc(=O)n(CC(=O)Nc4ccc(C)cc4)c3S[C@H]3C(=O)N(c4ccc([N+](=O)[O-])cc4)C(=O)[C@@H]23)cc1. The predicted molar refractivity (Wildman–Crippen MR) is 179 cm³/mol. The quantitative estimate of drug-likeness (QED) is 0.144. The van der Waals surface area contributed by atoms with Crippen LogP contribution in [0.15, 0.2) is 82.6 Å². The van der Waals surface area contributed by atoms with Crippen molar-refractivity contribution in [2.24, 2.45) is 5.92 Å². The molecule has 46 heavy (non-hydrogen) atoms. The minimum absolute atomic E-state index is 0.157. The number of benzene rings is 3. The third kappa shape index (κ3) is 5.60. The first kappa shape index (κ1) is 31.2. The maximum atomic E-state index is 14.1. The van der Waals surface area contributed by atoms with Crippen LogP contribution in [0.1, 0.15) is 35.8 Å². The Labute approximate surface area is 273 Å².